The number of rotatable bonds is 3. The highest BCUT2D eigenvalue weighted by Gasteiger charge is 2.20. The Kier molecular flexibility index (Phi) is 4.24. The molecule has 5 nitrogen and oxygen atoms in total. The smallest absolute Gasteiger partial charge is 0.271 e. The van der Waals surface area contributed by atoms with Gasteiger partial charge in [0.05, 0.1) is 17.3 Å². The Balaban J connectivity index is 1.95. The van der Waals surface area contributed by atoms with Gasteiger partial charge in [-0.05, 0) is 25.7 Å². The van der Waals surface area contributed by atoms with Gasteiger partial charge in [-0.3, -0.25) is 9.48 Å². The highest BCUT2D eigenvalue weighted by Crippen LogP contribution is 2.19. The normalized spacial score (nSPS) is 19.8. The summed E-state index contributed by atoms with van der Waals surface area (Å²) in [4.78, 5) is 12.0. The Labute approximate surface area is 111 Å². The van der Waals surface area contributed by atoms with Crippen molar-refractivity contribution in [2.45, 2.75) is 19.8 Å². The Morgan fingerprint density at radius 3 is 3.00 bits per heavy atom. The van der Waals surface area contributed by atoms with Gasteiger partial charge < -0.3 is 10.1 Å². The van der Waals surface area contributed by atoms with E-state index < -0.39 is 0 Å². The predicted octanol–water partition coefficient (Wildman–Crippen LogP) is 1.54. The van der Waals surface area contributed by atoms with Gasteiger partial charge in [-0.25, -0.2) is 0 Å². The second-order valence-corrected chi connectivity index (χ2v) is 5.04. The molecular weight excluding hydrogens is 254 g/mol. The Hall–Kier alpha value is -1.07. The maximum absolute atomic E-state index is 12.0. The summed E-state index contributed by atoms with van der Waals surface area (Å²) in [6, 6.07) is 0. The van der Waals surface area contributed by atoms with E-state index in [0.29, 0.717) is 28.9 Å². The zero-order valence-corrected chi connectivity index (χ0v) is 11.5. The molecule has 2 heterocycles. The summed E-state index contributed by atoms with van der Waals surface area (Å²) < 4.78 is 6.89. The molecule has 0 unspecified atom stereocenters. The van der Waals surface area contributed by atoms with Crippen molar-refractivity contribution in [3.63, 3.8) is 0 Å². The molecule has 100 valence electrons. The highest BCUT2D eigenvalue weighted by molar-refractivity contribution is 6.34. The molecule has 0 bridgehead atoms. The fourth-order valence-corrected chi connectivity index (χ4v) is 2.41. The monoisotopic (exact) mass is 271 g/mol. The lowest BCUT2D eigenvalue weighted by molar-refractivity contribution is 0.0535. The van der Waals surface area contributed by atoms with E-state index in [4.69, 9.17) is 16.3 Å². The molecule has 1 aromatic rings. The van der Waals surface area contributed by atoms with Crippen LogP contribution in [0.2, 0.25) is 5.02 Å². The van der Waals surface area contributed by atoms with E-state index in [1.54, 1.807) is 14.0 Å². The van der Waals surface area contributed by atoms with Gasteiger partial charge >= 0.3 is 0 Å². The number of nitrogens with zero attached hydrogens (tertiary/aromatic N) is 2. The van der Waals surface area contributed by atoms with Gasteiger partial charge in [0.15, 0.2) is 0 Å². The number of carbonyl (C=O) groups excluding carboxylic acids is 1. The average Bonchev–Trinajstić information content (AvgIpc) is 2.62. The van der Waals surface area contributed by atoms with Gasteiger partial charge in [0.1, 0.15) is 5.69 Å². The molecule has 0 saturated carbocycles. The molecule has 1 aliphatic heterocycles. The molecule has 1 saturated heterocycles. The van der Waals surface area contributed by atoms with Gasteiger partial charge in [-0.15, -0.1) is 0 Å². The number of amides is 1. The molecule has 0 aliphatic carbocycles. The largest absolute Gasteiger partial charge is 0.381 e. The average molecular weight is 272 g/mol. The fourth-order valence-electron chi connectivity index (χ4n) is 2.17. The Morgan fingerprint density at radius 2 is 2.44 bits per heavy atom. The van der Waals surface area contributed by atoms with Crippen LogP contribution in [-0.4, -0.2) is 35.4 Å². The van der Waals surface area contributed by atoms with Crippen molar-refractivity contribution in [2.24, 2.45) is 13.0 Å². The quantitative estimate of drug-likeness (QED) is 0.907. The number of hydrogen-bond acceptors (Lipinski definition) is 3. The molecular formula is C12H18ClN3O2. The van der Waals surface area contributed by atoms with Gasteiger partial charge in [0.2, 0.25) is 0 Å². The van der Waals surface area contributed by atoms with E-state index in [0.717, 1.165) is 26.1 Å². The fraction of sp³-hybridized carbons (Fsp3) is 0.667. The van der Waals surface area contributed by atoms with Crippen LogP contribution >= 0.6 is 11.6 Å². The minimum Gasteiger partial charge on any atom is -0.381 e. The summed E-state index contributed by atoms with van der Waals surface area (Å²) in [6.07, 6.45) is 2.16. The summed E-state index contributed by atoms with van der Waals surface area (Å²) in [5.74, 6) is 0.226. The number of aromatic nitrogens is 2. The van der Waals surface area contributed by atoms with E-state index >= 15 is 0 Å². The molecule has 1 aromatic heterocycles. The van der Waals surface area contributed by atoms with Crippen molar-refractivity contribution in [1.29, 1.82) is 0 Å². The molecule has 0 radical (unpaired) electrons. The van der Waals surface area contributed by atoms with Crippen LogP contribution in [-0.2, 0) is 11.8 Å². The third kappa shape index (κ3) is 2.84. The summed E-state index contributed by atoms with van der Waals surface area (Å²) >= 11 is 6.06. The third-order valence-corrected chi connectivity index (χ3v) is 3.62. The second kappa shape index (κ2) is 5.71. The standard InChI is InChI=1S/C12H18ClN3O2/c1-8-10(13)11(16(2)15-8)12(17)14-6-9-4-3-5-18-7-9/h9H,3-7H2,1-2H3,(H,14,17)/t9-/m0/s1. The molecule has 1 amide bonds. The lowest BCUT2D eigenvalue weighted by Crippen LogP contribution is -2.34. The van der Waals surface area contributed by atoms with E-state index in [1.807, 2.05) is 0 Å². The maximum Gasteiger partial charge on any atom is 0.271 e. The number of aryl methyl sites for hydroxylation is 2. The molecule has 0 spiro atoms. The van der Waals surface area contributed by atoms with Crippen molar-refractivity contribution in [3.8, 4) is 0 Å². The van der Waals surface area contributed by atoms with E-state index in [9.17, 15) is 4.79 Å². The Bertz CT molecular complexity index is 439. The summed E-state index contributed by atoms with van der Waals surface area (Å²) in [6.45, 7) is 3.96. The van der Waals surface area contributed by atoms with Gasteiger partial charge in [-0.1, -0.05) is 11.6 Å². The van der Waals surface area contributed by atoms with Crippen LogP contribution in [0, 0.1) is 12.8 Å². The number of halogens is 1. The van der Waals surface area contributed by atoms with E-state index in [1.165, 1.54) is 4.68 Å². The lowest BCUT2D eigenvalue weighted by atomic mass is 10.0. The second-order valence-electron chi connectivity index (χ2n) is 4.66. The maximum atomic E-state index is 12.0. The van der Waals surface area contributed by atoms with Gasteiger partial charge in [-0.2, -0.15) is 5.10 Å². The van der Waals surface area contributed by atoms with Crippen LogP contribution in [0.25, 0.3) is 0 Å². The Morgan fingerprint density at radius 1 is 1.67 bits per heavy atom. The molecule has 1 atom stereocenters. The third-order valence-electron chi connectivity index (χ3n) is 3.17. The predicted molar refractivity (Wildman–Crippen MR) is 68.8 cm³/mol. The molecule has 6 heteroatoms. The van der Waals surface area contributed by atoms with Gasteiger partial charge in [0.25, 0.3) is 5.91 Å². The zero-order valence-electron chi connectivity index (χ0n) is 10.7. The number of carbonyl (C=O) groups is 1. The van der Waals surface area contributed by atoms with Crippen molar-refractivity contribution >= 4 is 17.5 Å². The van der Waals surface area contributed by atoms with Crippen molar-refractivity contribution in [1.82, 2.24) is 15.1 Å². The summed E-state index contributed by atoms with van der Waals surface area (Å²) in [5.41, 5.74) is 1.09. The lowest BCUT2D eigenvalue weighted by Gasteiger charge is -2.22. The van der Waals surface area contributed by atoms with Crippen molar-refractivity contribution in [3.05, 3.63) is 16.4 Å². The molecule has 2 rings (SSSR count). The molecule has 18 heavy (non-hydrogen) atoms. The van der Waals surface area contributed by atoms with Crippen LogP contribution in [0.1, 0.15) is 29.0 Å². The summed E-state index contributed by atoms with van der Waals surface area (Å²) in [5, 5.41) is 7.45. The number of ether oxygens (including phenoxy) is 1. The number of hydrogen-bond donors (Lipinski definition) is 1. The van der Waals surface area contributed by atoms with Crippen LogP contribution in [0.3, 0.4) is 0 Å². The van der Waals surface area contributed by atoms with Crippen LogP contribution < -0.4 is 5.32 Å². The molecule has 1 fully saturated rings. The van der Waals surface area contributed by atoms with Gasteiger partial charge in [0, 0.05) is 20.2 Å². The topological polar surface area (TPSA) is 56.2 Å². The molecule has 1 aliphatic rings. The van der Waals surface area contributed by atoms with Crippen LogP contribution in [0.4, 0.5) is 0 Å². The first kappa shape index (κ1) is 13.4. The van der Waals surface area contributed by atoms with Crippen LogP contribution in [0.15, 0.2) is 0 Å². The van der Waals surface area contributed by atoms with E-state index in [-0.39, 0.29) is 5.91 Å². The van der Waals surface area contributed by atoms with Crippen molar-refractivity contribution in [2.75, 3.05) is 19.8 Å². The van der Waals surface area contributed by atoms with Crippen LogP contribution in [0.5, 0.6) is 0 Å². The van der Waals surface area contributed by atoms with Crippen molar-refractivity contribution < 1.29 is 9.53 Å². The minimum absolute atomic E-state index is 0.173. The first-order valence-corrected chi connectivity index (χ1v) is 6.52. The molecule has 1 N–H and O–H groups in total. The SMILES string of the molecule is Cc1nn(C)c(C(=O)NC[C@@H]2CCCOC2)c1Cl. The summed E-state index contributed by atoms with van der Waals surface area (Å²) in [7, 11) is 1.72. The zero-order chi connectivity index (χ0) is 13.1. The minimum atomic E-state index is -0.173. The highest BCUT2D eigenvalue weighted by atomic mass is 35.5. The molecule has 0 aromatic carbocycles. The first-order valence-electron chi connectivity index (χ1n) is 6.14. The van der Waals surface area contributed by atoms with E-state index in [2.05, 4.69) is 10.4 Å². The first-order chi connectivity index (χ1) is 8.59. The number of nitrogens with one attached hydrogen (secondary N) is 1.